The summed E-state index contributed by atoms with van der Waals surface area (Å²) in [6.07, 6.45) is 20.1. The Bertz CT molecular complexity index is 463. The van der Waals surface area contributed by atoms with Crippen molar-refractivity contribution in [2.45, 2.75) is 20.0 Å². The van der Waals surface area contributed by atoms with Crippen LogP contribution < -0.4 is 5.32 Å². The van der Waals surface area contributed by atoms with Crippen molar-refractivity contribution in [2.24, 2.45) is 0 Å². The second kappa shape index (κ2) is 8.75. The highest BCUT2D eigenvalue weighted by Crippen LogP contribution is 1.98. The van der Waals surface area contributed by atoms with E-state index in [1.165, 1.54) is 0 Å². The number of amides is 1. The maximum absolute atomic E-state index is 11.5. The zero-order valence-corrected chi connectivity index (χ0v) is 11.2. The first-order valence-corrected chi connectivity index (χ1v) is 6.21. The molecule has 0 aromatic heterocycles. The van der Waals surface area contributed by atoms with E-state index in [1.807, 2.05) is 80.7 Å². The van der Waals surface area contributed by atoms with Gasteiger partial charge in [0.1, 0.15) is 0 Å². The molecule has 0 spiro atoms. The SMILES string of the molecule is CC(C)OC(=O)NC1=C\C=C/C=C\C=C/C=C\C=C1. The van der Waals surface area contributed by atoms with Gasteiger partial charge in [0.2, 0.25) is 0 Å². The van der Waals surface area contributed by atoms with E-state index < -0.39 is 6.09 Å². The zero-order valence-electron chi connectivity index (χ0n) is 11.2. The predicted octanol–water partition coefficient (Wildman–Crippen LogP) is 3.80. The van der Waals surface area contributed by atoms with Crippen molar-refractivity contribution in [3.8, 4) is 0 Å². The summed E-state index contributed by atoms with van der Waals surface area (Å²) in [5.41, 5.74) is 0.671. The molecule has 0 bridgehead atoms. The van der Waals surface area contributed by atoms with Crippen LogP contribution >= 0.6 is 0 Å². The normalized spacial score (nSPS) is 21.5. The molecule has 0 heterocycles. The van der Waals surface area contributed by atoms with E-state index in [0.717, 1.165) is 0 Å². The van der Waals surface area contributed by atoms with Crippen molar-refractivity contribution in [1.82, 2.24) is 5.32 Å². The minimum absolute atomic E-state index is 0.140. The van der Waals surface area contributed by atoms with E-state index in [1.54, 1.807) is 0 Å². The molecule has 3 nitrogen and oxygen atoms in total. The maximum atomic E-state index is 11.5. The number of hydrogen-bond acceptors (Lipinski definition) is 2. The fourth-order valence-electron chi connectivity index (χ4n) is 1.27. The van der Waals surface area contributed by atoms with Gasteiger partial charge in [-0.05, 0) is 26.0 Å². The Labute approximate surface area is 114 Å². The monoisotopic (exact) mass is 257 g/mol. The van der Waals surface area contributed by atoms with Gasteiger partial charge in [-0.15, -0.1) is 0 Å². The first-order valence-electron chi connectivity index (χ1n) is 6.21. The van der Waals surface area contributed by atoms with E-state index in [2.05, 4.69) is 5.32 Å². The van der Waals surface area contributed by atoms with Crippen molar-refractivity contribution >= 4 is 6.09 Å². The molecule has 1 rings (SSSR count). The molecule has 0 atom stereocenters. The van der Waals surface area contributed by atoms with E-state index >= 15 is 0 Å². The average molecular weight is 257 g/mol. The summed E-state index contributed by atoms with van der Waals surface area (Å²) in [6.45, 7) is 3.62. The van der Waals surface area contributed by atoms with Crippen molar-refractivity contribution in [3.63, 3.8) is 0 Å². The predicted molar refractivity (Wildman–Crippen MR) is 78.5 cm³/mol. The Morgan fingerprint density at radius 1 is 0.947 bits per heavy atom. The van der Waals surface area contributed by atoms with Crippen molar-refractivity contribution in [3.05, 3.63) is 72.5 Å². The number of nitrogens with one attached hydrogen (secondary N) is 1. The lowest BCUT2D eigenvalue weighted by Crippen LogP contribution is -2.25. The van der Waals surface area contributed by atoms with Crippen LogP contribution in [0.5, 0.6) is 0 Å². The molecule has 0 radical (unpaired) electrons. The van der Waals surface area contributed by atoms with Crippen LogP contribution in [0.25, 0.3) is 0 Å². The largest absolute Gasteiger partial charge is 0.447 e. The van der Waals surface area contributed by atoms with Gasteiger partial charge in [0.15, 0.2) is 0 Å². The highest BCUT2D eigenvalue weighted by atomic mass is 16.6. The lowest BCUT2D eigenvalue weighted by molar-refractivity contribution is 0.118. The quantitative estimate of drug-likeness (QED) is 0.817. The lowest BCUT2D eigenvalue weighted by atomic mass is 10.3. The van der Waals surface area contributed by atoms with Gasteiger partial charge in [-0.3, -0.25) is 5.32 Å². The molecule has 0 saturated heterocycles. The van der Waals surface area contributed by atoms with Gasteiger partial charge in [-0.25, -0.2) is 4.79 Å². The third-order valence-electron chi connectivity index (χ3n) is 2.03. The van der Waals surface area contributed by atoms with Crippen LogP contribution in [-0.4, -0.2) is 12.2 Å². The van der Waals surface area contributed by atoms with Crippen molar-refractivity contribution in [1.29, 1.82) is 0 Å². The van der Waals surface area contributed by atoms with E-state index in [9.17, 15) is 4.79 Å². The molecule has 1 aliphatic rings. The summed E-state index contributed by atoms with van der Waals surface area (Å²) >= 11 is 0. The summed E-state index contributed by atoms with van der Waals surface area (Å²) in [5, 5.41) is 2.69. The number of carbonyl (C=O) groups is 1. The second-order valence-electron chi connectivity index (χ2n) is 4.10. The van der Waals surface area contributed by atoms with Crippen LogP contribution in [0.15, 0.2) is 72.5 Å². The number of hydrogen-bond donors (Lipinski definition) is 1. The smallest absolute Gasteiger partial charge is 0.411 e. The molecule has 0 fully saturated rings. The third kappa shape index (κ3) is 7.60. The maximum Gasteiger partial charge on any atom is 0.411 e. The molecular formula is C16H19NO2. The van der Waals surface area contributed by atoms with Crippen LogP contribution in [0.2, 0.25) is 0 Å². The van der Waals surface area contributed by atoms with Gasteiger partial charge < -0.3 is 4.74 Å². The minimum atomic E-state index is -0.453. The van der Waals surface area contributed by atoms with E-state index in [4.69, 9.17) is 4.74 Å². The van der Waals surface area contributed by atoms with Crippen molar-refractivity contribution in [2.75, 3.05) is 0 Å². The van der Waals surface area contributed by atoms with Crippen LogP contribution in [0, 0.1) is 0 Å². The molecule has 100 valence electrons. The zero-order chi connectivity index (χ0) is 13.9. The third-order valence-corrected chi connectivity index (χ3v) is 2.03. The number of alkyl carbamates (subject to hydrolysis) is 1. The summed E-state index contributed by atoms with van der Waals surface area (Å²) in [7, 11) is 0. The van der Waals surface area contributed by atoms with Crippen LogP contribution in [0.4, 0.5) is 4.79 Å². The molecule has 19 heavy (non-hydrogen) atoms. The Morgan fingerprint density at radius 3 is 2.05 bits per heavy atom. The number of carbonyl (C=O) groups excluding carboxylic acids is 1. The molecule has 1 aliphatic carbocycles. The lowest BCUT2D eigenvalue weighted by Gasteiger charge is -2.09. The van der Waals surface area contributed by atoms with Gasteiger partial charge in [0.25, 0.3) is 0 Å². The molecule has 1 N–H and O–H groups in total. The molecule has 0 saturated carbocycles. The van der Waals surface area contributed by atoms with Gasteiger partial charge in [0, 0.05) is 5.70 Å². The molecular weight excluding hydrogens is 238 g/mol. The van der Waals surface area contributed by atoms with Gasteiger partial charge >= 0.3 is 6.09 Å². The number of rotatable bonds is 2. The Kier molecular flexibility index (Phi) is 6.80. The molecule has 1 amide bonds. The van der Waals surface area contributed by atoms with Crippen LogP contribution in [0.3, 0.4) is 0 Å². The molecule has 0 aliphatic heterocycles. The number of ether oxygens (including phenoxy) is 1. The second-order valence-corrected chi connectivity index (χ2v) is 4.10. The topological polar surface area (TPSA) is 38.3 Å². The summed E-state index contributed by atoms with van der Waals surface area (Å²) in [4.78, 5) is 11.5. The van der Waals surface area contributed by atoms with Crippen LogP contribution in [0.1, 0.15) is 13.8 Å². The molecule has 0 unspecified atom stereocenters. The highest BCUT2D eigenvalue weighted by Gasteiger charge is 2.04. The van der Waals surface area contributed by atoms with Crippen molar-refractivity contribution < 1.29 is 9.53 Å². The minimum Gasteiger partial charge on any atom is -0.447 e. The number of allylic oxidation sites excluding steroid dienone is 11. The summed E-state index contributed by atoms with van der Waals surface area (Å²) < 4.78 is 5.03. The van der Waals surface area contributed by atoms with Gasteiger partial charge in [-0.2, -0.15) is 0 Å². The van der Waals surface area contributed by atoms with Crippen LogP contribution in [-0.2, 0) is 4.74 Å². The van der Waals surface area contributed by atoms with E-state index in [0.29, 0.717) is 5.70 Å². The highest BCUT2D eigenvalue weighted by molar-refractivity contribution is 5.70. The fourth-order valence-corrected chi connectivity index (χ4v) is 1.27. The summed E-state index contributed by atoms with van der Waals surface area (Å²) in [5.74, 6) is 0. The average Bonchev–Trinajstić information content (AvgIpc) is 2.31. The Balaban J connectivity index is 2.74. The first kappa shape index (κ1) is 14.8. The van der Waals surface area contributed by atoms with E-state index in [-0.39, 0.29) is 6.10 Å². The summed E-state index contributed by atoms with van der Waals surface area (Å²) in [6, 6.07) is 0. The van der Waals surface area contributed by atoms with Gasteiger partial charge in [0.05, 0.1) is 6.10 Å². The fraction of sp³-hybridized carbons (Fsp3) is 0.188. The Hall–Kier alpha value is -2.29. The van der Waals surface area contributed by atoms with Gasteiger partial charge in [-0.1, -0.05) is 54.7 Å². The molecule has 3 heteroatoms. The Morgan fingerprint density at radius 2 is 1.47 bits per heavy atom. The molecule has 0 aromatic rings. The first-order chi connectivity index (χ1) is 9.18. The standard InChI is InChI=1S/C16H19NO2/c1-14(2)19-16(18)17-15-12-10-8-6-4-3-5-7-9-11-13-15/h3-14H,1-2H3,(H,17,18)/b4-3-,5-3?,6-4?,7-5-,8-6-,9-7?,10-8?,11-9-,12-10?,13-11?,15-12?,15-13?. The molecule has 0 aromatic carbocycles.